The molecule has 1 aromatic carbocycles. The Bertz CT molecular complexity index is 606. The zero-order valence-corrected chi connectivity index (χ0v) is 11.8. The SMILES string of the molecule is CC(C)Oc1nc(NN)nc(Oc2ccccc2CO)n1. The second kappa shape index (κ2) is 6.82. The van der Waals surface area contributed by atoms with Crippen molar-refractivity contribution >= 4 is 5.95 Å². The van der Waals surface area contributed by atoms with Gasteiger partial charge in [0.05, 0.1) is 12.7 Å². The summed E-state index contributed by atoms with van der Waals surface area (Å²) in [5.41, 5.74) is 2.94. The van der Waals surface area contributed by atoms with Crippen molar-refractivity contribution in [3.05, 3.63) is 29.8 Å². The summed E-state index contributed by atoms with van der Waals surface area (Å²) in [6.45, 7) is 3.54. The molecule has 0 amide bonds. The van der Waals surface area contributed by atoms with Crippen molar-refractivity contribution in [1.82, 2.24) is 15.0 Å². The smallest absolute Gasteiger partial charge is 0.330 e. The Kier molecular flexibility index (Phi) is 4.85. The zero-order valence-electron chi connectivity index (χ0n) is 11.8. The van der Waals surface area contributed by atoms with Gasteiger partial charge in [-0.05, 0) is 19.9 Å². The summed E-state index contributed by atoms with van der Waals surface area (Å²) in [5, 5.41) is 9.28. The van der Waals surface area contributed by atoms with Crippen molar-refractivity contribution in [3.63, 3.8) is 0 Å². The minimum atomic E-state index is -0.154. The number of rotatable bonds is 6. The number of hydrazine groups is 1. The number of nitrogens with two attached hydrogens (primary N) is 1. The molecule has 0 aliphatic rings. The molecule has 0 aliphatic carbocycles. The Morgan fingerprint density at radius 1 is 1.19 bits per heavy atom. The number of hydrogen-bond acceptors (Lipinski definition) is 8. The van der Waals surface area contributed by atoms with Crippen LogP contribution in [-0.4, -0.2) is 26.2 Å². The largest absolute Gasteiger partial charge is 0.461 e. The van der Waals surface area contributed by atoms with Gasteiger partial charge in [0.15, 0.2) is 0 Å². The van der Waals surface area contributed by atoms with Crippen molar-refractivity contribution < 1.29 is 14.6 Å². The maximum Gasteiger partial charge on any atom is 0.330 e. The van der Waals surface area contributed by atoms with E-state index in [0.29, 0.717) is 11.3 Å². The van der Waals surface area contributed by atoms with Gasteiger partial charge in [-0.3, -0.25) is 5.43 Å². The van der Waals surface area contributed by atoms with Crippen molar-refractivity contribution in [2.24, 2.45) is 5.84 Å². The number of anilines is 1. The van der Waals surface area contributed by atoms with E-state index in [9.17, 15) is 5.11 Å². The first-order valence-corrected chi connectivity index (χ1v) is 6.38. The van der Waals surface area contributed by atoms with Crippen LogP contribution in [0.2, 0.25) is 0 Å². The molecule has 0 saturated carbocycles. The summed E-state index contributed by atoms with van der Waals surface area (Å²) in [5.74, 6) is 5.89. The molecule has 8 heteroatoms. The number of aromatic nitrogens is 3. The molecule has 112 valence electrons. The minimum absolute atomic E-state index is 0.0227. The van der Waals surface area contributed by atoms with Gasteiger partial charge in [0, 0.05) is 5.56 Å². The molecule has 0 bridgehead atoms. The molecule has 0 spiro atoms. The van der Waals surface area contributed by atoms with E-state index in [4.69, 9.17) is 15.3 Å². The molecule has 2 aromatic rings. The first kappa shape index (κ1) is 14.9. The van der Waals surface area contributed by atoms with Gasteiger partial charge in [0.1, 0.15) is 5.75 Å². The monoisotopic (exact) mass is 291 g/mol. The molecule has 2 rings (SSSR count). The molecule has 21 heavy (non-hydrogen) atoms. The van der Waals surface area contributed by atoms with Crippen LogP contribution in [0.3, 0.4) is 0 Å². The van der Waals surface area contributed by atoms with Crippen LogP contribution in [0, 0.1) is 0 Å². The van der Waals surface area contributed by atoms with Crippen LogP contribution in [-0.2, 0) is 6.61 Å². The average Bonchev–Trinajstić information content (AvgIpc) is 2.46. The number of aliphatic hydroxyl groups excluding tert-OH is 1. The highest BCUT2D eigenvalue weighted by Crippen LogP contribution is 2.24. The van der Waals surface area contributed by atoms with Crippen molar-refractivity contribution in [3.8, 4) is 17.8 Å². The fraction of sp³-hybridized carbons (Fsp3) is 0.308. The third kappa shape index (κ3) is 4.01. The Balaban J connectivity index is 2.30. The highest BCUT2D eigenvalue weighted by atomic mass is 16.5. The lowest BCUT2D eigenvalue weighted by atomic mass is 10.2. The van der Waals surface area contributed by atoms with Gasteiger partial charge in [0.25, 0.3) is 0 Å². The number of nitrogens with one attached hydrogen (secondary N) is 1. The number of hydrogen-bond donors (Lipinski definition) is 3. The summed E-state index contributed by atoms with van der Waals surface area (Å²) >= 11 is 0. The number of nitrogens with zero attached hydrogens (tertiary/aromatic N) is 3. The second-order valence-electron chi connectivity index (χ2n) is 4.40. The Hall–Kier alpha value is -2.45. The second-order valence-corrected chi connectivity index (χ2v) is 4.40. The van der Waals surface area contributed by atoms with Gasteiger partial charge in [-0.25, -0.2) is 5.84 Å². The van der Waals surface area contributed by atoms with Crippen LogP contribution in [0.5, 0.6) is 17.8 Å². The highest BCUT2D eigenvalue weighted by molar-refractivity contribution is 5.35. The van der Waals surface area contributed by atoms with Gasteiger partial charge in [0.2, 0.25) is 5.95 Å². The standard InChI is InChI=1S/C13H17N5O3/c1-8(2)20-12-15-11(18-14)16-13(17-12)21-10-6-4-3-5-9(10)7-19/h3-6,8,19H,7,14H2,1-2H3,(H,15,16,17,18). The molecule has 0 saturated heterocycles. The molecule has 4 N–H and O–H groups in total. The van der Waals surface area contributed by atoms with E-state index in [1.807, 2.05) is 13.8 Å². The number of para-hydroxylation sites is 1. The molecule has 0 unspecified atom stereocenters. The highest BCUT2D eigenvalue weighted by Gasteiger charge is 2.11. The summed E-state index contributed by atoms with van der Waals surface area (Å²) in [6.07, 6.45) is -0.101. The maximum atomic E-state index is 9.28. The molecule has 8 nitrogen and oxygen atoms in total. The Labute approximate surface area is 121 Å². The van der Waals surface area contributed by atoms with E-state index in [1.54, 1.807) is 24.3 Å². The van der Waals surface area contributed by atoms with E-state index >= 15 is 0 Å². The normalized spacial score (nSPS) is 10.5. The van der Waals surface area contributed by atoms with E-state index in [0.717, 1.165) is 0 Å². The van der Waals surface area contributed by atoms with Crippen LogP contribution in [0.15, 0.2) is 24.3 Å². The van der Waals surface area contributed by atoms with Crippen molar-refractivity contribution in [1.29, 1.82) is 0 Å². The molecule has 1 aromatic heterocycles. The van der Waals surface area contributed by atoms with Crippen molar-refractivity contribution in [2.45, 2.75) is 26.6 Å². The van der Waals surface area contributed by atoms with Crippen molar-refractivity contribution in [2.75, 3.05) is 5.43 Å². The zero-order chi connectivity index (χ0) is 15.2. The van der Waals surface area contributed by atoms with E-state index < -0.39 is 0 Å². The topological polar surface area (TPSA) is 115 Å². The number of aliphatic hydroxyl groups is 1. The molecular formula is C13H17N5O3. The quantitative estimate of drug-likeness (QED) is 0.537. The third-order valence-electron chi connectivity index (χ3n) is 2.41. The lowest BCUT2D eigenvalue weighted by molar-refractivity contribution is 0.218. The van der Waals surface area contributed by atoms with Crippen LogP contribution in [0.4, 0.5) is 5.95 Å². The number of nitrogen functional groups attached to an aromatic ring is 1. The maximum absolute atomic E-state index is 9.28. The van der Waals surface area contributed by atoms with Gasteiger partial charge in [-0.2, -0.15) is 9.97 Å². The fourth-order valence-corrected chi connectivity index (χ4v) is 1.54. The van der Waals surface area contributed by atoms with Crippen LogP contribution in [0.25, 0.3) is 0 Å². The summed E-state index contributed by atoms with van der Waals surface area (Å²) < 4.78 is 11.0. The molecule has 0 aliphatic heterocycles. The fourth-order valence-electron chi connectivity index (χ4n) is 1.54. The van der Waals surface area contributed by atoms with Crippen LogP contribution < -0.4 is 20.7 Å². The van der Waals surface area contributed by atoms with Gasteiger partial charge in [-0.1, -0.05) is 18.2 Å². The first-order valence-electron chi connectivity index (χ1n) is 6.38. The minimum Gasteiger partial charge on any atom is -0.461 e. The molecule has 0 atom stereocenters. The summed E-state index contributed by atoms with van der Waals surface area (Å²) in [7, 11) is 0. The van der Waals surface area contributed by atoms with Gasteiger partial charge in [-0.15, -0.1) is 4.98 Å². The summed E-state index contributed by atoms with van der Waals surface area (Å²) in [4.78, 5) is 12.0. The molecule has 0 fully saturated rings. The molecular weight excluding hydrogens is 274 g/mol. The number of ether oxygens (including phenoxy) is 2. The predicted octanol–water partition coefficient (Wildman–Crippen LogP) is 1.23. The molecule has 0 radical (unpaired) electrons. The van der Waals surface area contributed by atoms with Crippen LogP contribution >= 0.6 is 0 Å². The predicted molar refractivity (Wildman–Crippen MR) is 75.8 cm³/mol. The lowest BCUT2D eigenvalue weighted by Crippen LogP contribution is -2.15. The summed E-state index contributed by atoms with van der Waals surface area (Å²) in [6, 6.07) is 7.15. The first-order chi connectivity index (χ1) is 10.1. The van der Waals surface area contributed by atoms with Gasteiger partial charge < -0.3 is 14.6 Å². The number of benzene rings is 1. The third-order valence-corrected chi connectivity index (χ3v) is 2.41. The average molecular weight is 291 g/mol. The van der Waals surface area contributed by atoms with Crippen LogP contribution in [0.1, 0.15) is 19.4 Å². The Morgan fingerprint density at radius 3 is 2.57 bits per heavy atom. The lowest BCUT2D eigenvalue weighted by Gasteiger charge is -2.11. The van der Waals surface area contributed by atoms with E-state index in [-0.39, 0.29) is 30.7 Å². The Morgan fingerprint density at radius 2 is 1.90 bits per heavy atom. The van der Waals surface area contributed by atoms with Gasteiger partial charge >= 0.3 is 12.0 Å². The molecule has 1 heterocycles. The van der Waals surface area contributed by atoms with E-state index in [2.05, 4.69) is 20.4 Å². The van der Waals surface area contributed by atoms with E-state index in [1.165, 1.54) is 0 Å².